The van der Waals surface area contributed by atoms with Gasteiger partial charge in [-0.1, -0.05) is 4.39 Å². The molecule has 14 heteroatoms. The molecule has 0 aliphatic heterocycles. The lowest BCUT2D eigenvalue weighted by atomic mass is 10.4. The van der Waals surface area contributed by atoms with Crippen molar-refractivity contribution in [1.29, 1.82) is 0 Å². The van der Waals surface area contributed by atoms with Gasteiger partial charge in [-0.25, -0.2) is 4.79 Å². The van der Waals surface area contributed by atoms with Gasteiger partial charge in [-0.2, -0.15) is 13.2 Å². The van der Waals surface area contributed by atoms with Crippen LogP contribution in [0, 0.1) is 20.2 Å². The molecule has 1 atom stereocenters. The summed E-state index contributed by atoms with van der Waals surface area (Å²) < 4.78 is 55.9. The molecular formula is C7H8F4N2O8. The summed E-state index contributed by atoms with van der Waals surface area (Å²) in [5, 5.41) is 29.2. The Balaban J connectivity index is 4.21. The Labute approximate surface area is 112 Å². The first-order valence-corrected chi connectivity index (χ1v) is 4.89. The van der Waals surface area contributed by atoms with Gasteiger partial charge in [0.15, 0.2) is 0 Å². The zero-order chi connectivity index (χ0) is 16.8. The second-order valence-electron chi connectivity index (χ2n) is 3.50. The van der Waals surface area contributed by atoms with Gasteiger partial charge in [0.25, 0.3) is 0 Å². The Morgan fingerprint density at radius 3 is 2.00 bits per heavy atom. The van der Waals surface area contributed by atoms with Gasteiger partial charge in [-0.15, -0.1) is 0 Å². The van der Waals surface area contributed by atoms with Gasteiger partial charge in [-0.05, 0) is 0 Å². The highest BCUT2D eigenvalue weighted by Gasteiger charge is 2.58. The lowest BCUT2D eigenvalue weighted by Gasteiger charge is -2.13. The van der Waals surface area contributed by atoms with E-state index in [-0.39, 0.29) is 0 Å². The highest BCUT2D eigenvalue weighted by atomic mass is 19.4. The van der Waals surface area contributed by atoms with Gasteiger partial charge < -0.3 is 14.6 Å². The van der Waals surface area contributed by atoms with Crippen LogP contribution in [0.3, 0.4) is 0 Å². The fraction of sp³-hybridized carbons (Fsp3) is 0.857. The number of hydrogen-bond acceptors (Lipinski definition) is 8. The molecule has 0 aliphatic carbocycles. The van der Waals surface area contributed by atoms with Crippen molar-refractivity contribution in [3.63, 3.8) is 0 Å². The van der Waals surface area contributed by atoms with E-state index in [4.69, 9.17) is 5.11 Å². The number of hydrogen-bond donors (Lipinski definition) is 1. The monoisotopic (exact) mass is 324 g/mol. The van der Waals surface area contributed by atoms with Crippen molar-refractivity contribution in [1.82, 2.24) is 0 Å². The Morgan fingerprint density at radius 2 is 1.62 bits per heavy atom. The van der Waals surface area contributed by atoms with Crippen LogP contribution in [0.25, 0.3) is 0 Å². The van der Waals surface area contributed by atoms with E-state index in [1.165, 1.54) is 0 Å². The van der Waals surface area contributed by atoms with Crippen LogP contribution < -0.4 is 0 Å². The van der Waals surface area contributed by atoms with Crippen LogP contribution in [0.4, 0.5) is 17.6 Å². The third-order valence-corrected chi connectivity index (χ3v) is 1.79. The number of alkyl halides is 4. The van der Waals surface area contributed by atoms with Gasteiger partial charge in [-0.3, -0.25) is 20.2 Å². The highest BCUT2D eigenvalue weighted by molar-refractivity contribution is 5.75. The van der Waals surface area contributed by atoms with Gasteiger partial charge in [0.1, 0.15) is 22.6 Å². The van der Waals surface area contributed by atoms with E-state index in [0.29, 0.717) is 0 Å². The van der Waals surface area contributed by atoms with E-state index >= 15 is 0 Å². The summed E-state index contributed by atoms with van der Waals surface area (Å²) in [5.74, 6) is -6.76. The molecule has 0 heterocycles. The number of rotatable bonds is 8. The van der Waals surface area contributed by atoms with Crippen LogP contribution in [-0.4, -0.2) is 58.9 Å². The quantitative estimate of drug-likeness (QED) is 0.159. The molecule has 0 amide bonds. The normalized spacial score (nSPS) is 13.6. The first kappa shape index (κ1) is 18.9. The number of aliphatic hydroxyl groups excluding tert-OH is 1. The molecule has 0 aromatic rings. The smallest absolute Gasteiger partial charge is 0.456 e. The molecule has 0 bridgehead atoms. The fourth-order valence-corrected chi connectivity index (χ4v) is 0.799. The van der Waals surface area contributed by atoms with Gasteiger partial charge in [0.05, 0.1) is 6.61 Å². The minimum absolute atomic E-state index is 1.03. The maximum atomic E-state index is 13.1. The lowest BCUT2D eigenvalue weighted by molar-refractivity contribution is -0.833. The minimum Gasteiger partial charge on any atom is -0.456 e. The standard InChI is InChI=1S/C7H8F4N2O8/c8-6(12(16)17,13(18)19)3-20-1-4(14)2-21-5(15)7(9,10)11/h4,14H,1-3H2. The summed E-state index contributed by atoms with van der Waals surface area (Å²) in [6.45, 7) is -3.93. The number of esters is 1. The molecule has 0 fully saturated rings. The summed E-state index contributed by atoms with van der Waals surface area (Å²) >= 11 is 0. The fourth-order valence-electron chi connectivity index (χ4n) is 0.799. The third-order valence-electron chi connectivity index (χ3n) is 1.79. The van der Waals surface area contributed by atoms with Crippen LogP contribution in [0.1, 0.15) is 0 Å². The molecule has 0 aromatic heterocycles. The molecule has 10 nitrogen and oxygen atoms in total. The van der Waals surface area contributed by atoms with E-state index in [9.17, 15) is 42.6 Å². The van der Waals surface area contributed by atoms with Crippen molar-refractivity contribution in [2.75, 3.05) is 19.8 Å². The van der Waals surface area contributed by atoms with E-state index in [0.717, 1.165) is 0 Å². The van der Waals surface area contributed by atoms with Crippen molar-refractivity contribution in [2.24, 2.45) is 0 Å². The first-order chi connectivity index (χ1) is 9.41. The number of aliphatic hydroxyl groups is 1. The zero-order valence-electron chi connectivity index (χ0n) is 9.91. The predicted molar refractivity (Wildman–Crippen MR) is 51.7 cm³/mol. The van der Waals surface area contributed by atoms with Gasteiger partial charge in [0, 0.05) is 0 Å². The molecule has 0 spiro atoms. The number of carbonyl (C=O) groups is 1. The Hall–Kier alpha value is -2.09. The molecule has 0 aliphatic rings. The molecule has 0 saturated heterocycles. The summed E-state index contributed by atoms with van der Waals surface area (Å²) in [5.41, 5.74) is 0. The van der Waals surface area contributed by atoms with Crippen LogP contribution in [0.5, 0.6) is 0 Å². The van der Waals surface area contributed by atoms with Gasteiger partial charge >= 0.3 is 18.1 Å². The summed E-state index contributed by atoms with van der Waals surface area (Å²) in [7, 11) is 0. The van der Waals surface area contributed by atoms with Crippen molar-refractivity contribution in [3.05, 3.63) is 20.2 Å². The number of nitro groups is 2. The van der Waals surface area contributed by atoms with Crippen LogP contribution >= 0.6 is 0 Å². The largest absolute Gasteiger partial charge is 0.637 e. The van der Waals surface area contributed by atoms with Crippen molar-refractivity contribution >= 4 is 5.97 Å². The minimum atomic E-state index is -5.29. The lowest BCUT2D eigenvalue weighted by Crippen LogP contribution is -2.46. The second-order valence-corrected chi connectivity index (χ2v) is 3.50. The SMILES string of the molecule is O=C(OCC(O)COCC(F)([N+](=O)[O-])[N+](=O)[O-])C(F)(F)F. The summed E-state index contributed by atoms with van der Waals surface area (Å²) in [6.07, 6.45) is -7.18. The molecule has 1 unspecified atom stereocenters. The molecular weight excluding hydrogens is 316 g/mol. The van der Waals surface area contributed by atoms with Crippen LogP contribution in [-0.2, 0) is 14.3 Å². The van der Waals surface area contributed by atoms with Crippen molar-refractivity contribution in [2.45, 2.75) is 18.2 Å². The number of halogens is 4. The van der Waals surface area contributed by atoms with Crippen molar-refractivity contribution in [3.8, 4) is 0 Å². The molecule has 122 valence electrons. The molecule has 0 saturated carbocycles. The number of ether oxygens (including phenoxy) is 2. The molecule has 0 rings (SSSR count). The second kappa shape index (κ2) is 7.07. The molecule has 1 N–H and O–H groups in total. The number of carbonyl (C=O) groups excluding carboxylic acids is 1. The number of nitrogens with zero attached hydrogens (tertiary/aromatic N) is 2. The van der Waals surface area contributed by atoms with Gasteiger partial charge in [0.2, 0.25) is 6.61 Å². The highest BCUT2D eigenvalue weighted by Crippen LogP contribution is 2.17. The molecule has 0 aromatic carbocycles. The first-order valence-electron chi connectivity index (χ1n) is 4.89. The third kappa shape index (κ3) is 5.82. The predicted octanol–water partition coefficient (Wildman–Crippen LogP) is -0.354. The average Bonchev–Trinajstić information content (AvgIpc) is 2.33. The Kier molecular flexibility index (Phi) is 6.37. The van der Waals surface area contributed by atoms with E-state index in [2.05, 4.69) is 9.47 Å². The van der Waals surface area contributed by atoms with Crippen molar-refractivity contribution < 1.29 is 46.8 Å². The van der Waals surface area contributed by atoms with Crippen LogP contribution in [0.15, 0.2) is 0 Å². The zero-order valence-corrected chi connectivity index (χ0v) is 9.91. The van der Waals surface area contributed by atoms with E-state index in [1.54, 1.807) is 0 Å². The topological polar surface area (TPSA) is 142 Å². The summed E-state index contributed by atoms with van der Waals surface area (Å²) in [6, 6.07) is 0. The molecule has 21 heavy (non-hydrogen) atoms. The maximum Gasteiger partial charge on any atom is 0.637 e. The maximum absolute atomic E-state index is 13.1. The Morgan fingerprint density at radius 1 is 1.14 bits per heavy atom. The van der Waals surface area contributed by atoms with E-state index in [1.807, 2.05) is 0 Å². The Bertz CT molecular complexity index is 400. The van der Waals surface area contributed by atoms with Crippen LogP contribution in [0.2, 0.25) is 0 Å². The van der Waals surface area contributed by atoms with E-state index < -0.39 is 53.8 Å². The average molecular weight is 324 g/mol. The summed E-state index contributed by atoms with van der Waals surface area (Å²) in [4.78, 5) is 26.7. The molecule has 0 radical (unpaired) electrons.